The molecule has 1 aromatic rings. The van der Waals surface area contributed by atoms with Gasteiger partial charge in [-0.2, -0.15) is 5.26 Å². The lowest BCUT2D eigenvalue weighted by molar-refractivity contribution is 0.0945. The Kier molecular flexibility index (Phi) is 3.72. The molecule has 1 unspecified atom stereocenters. The molecule has 84 valence electrons. The Morgan fingerprint density at radius 2 is 2.31 bits per heavy atom. The number of phenolic OH excluding ortho intramolecular Hbond substituents is 1. The molecule has 0 aliphatic heterocycles. The fraction of sp³-hybridized carbons (Fsp3) is 0.273. The predicted octanol–water partition coefficient (Wildman–Crippen LogP) is 1.04. The highest BCUT2D eigenvalue weighted by Crippen LogP contribution is 2.22. The molecule has 0 saturated heterocycles. The van der Waals surface area contributed by atoms with Crippen LogP contribution in [0.1, 0.15) is 17.3 Å². The zero-order chi connectivity index (χ0) is 12.1. The first-order valence-electron chi connectivity index (χ1n) is 4.66. The van der Waals surface area contributed by atoms with Crippen LogP contribution < -0.4 is 10.1 Å². The number of amides is 1. The minimum absolute atomic E-state index is 0.0847. The SMILES string of the molecule is COc1ccc(O)c(C(=O)NC(C)C#N)c1. The van der Waals surface area contributed by atoms with Gasteiger partial charge in [0, 0.05) is 0 Å². The zero-order valence-electron chi connectivity index (χ0n) is 9.02. The molecule has 5 heteroatoms. The third-order valence-electron chi connectivity index (χ3n) is 1.99. The normalized spacial score (nSPS) is 11.3. The summed E-state index contributed by atoms with van der Waals surface area (Å²) in [5, 5.41) is 20.5. The number of aromatic hydroxyl groups is 1. The number of benzene rings is 1. The molecule has 1 amide bonds. The summed E-state index contributed by atoms with van der Waals surface area (Å²) >= 11 is 0. The summed E-state index contributed by atoms with van der Waals surface area (Å²) in [5.41, 5.74) is 0.0847. The summed E-state index contributed by atoms with van der Waals surface area (Å²) in [7, 11) is 1.46. The van der Waals surface area contributed by atoms with Crippen molar-refractivity contribution in [3.63, 3.8) is 0 Å². The van der Waals surface area contributed by atoms with Crippen LogP contribution in [0.3, 0.4) is 0 Å². The van der Waals surface area contributed by atoms with Crippen molar-refractivity contribution in [3.8, 4) is 17.6 Å². The highest BCUT2D eigenvalue weighted by molar-refractivity contribution is 5.97. The van der Waals surface area contributed by atoms with Gasteiger partial charge in [0.2, 0.25) is 0 Å². The van der Waals surface area contributed by atoms with Crippen molar-refractivity contribution in [3.05, 3.63) is 23.8 Å². The van der Waals surface area contributed by atoms with Gasteiger partial charge in [-0.1, -0.05) is 0 Å². The average molecular weight is 220 g/mol. The summed E-state index contributed by atoms with van der Waals surface area (Å²) < 4.78 is 4.94. The first-order chi connectivity index (χ1) is 7.58. The molecule has 0 bridgehead atoms. The van der Waals surface area contributed by atoms with Crippen molar-refractivity contribution < 1.29 is 14.6 Å². The molecule has 0 aromatic heterocycles. The maximum Gasteiger partial charge on any atom is 0.256 e. The number of methoxy groups -OCH3 is 1. The van der Waals surface area contributed by atoms with Gasteiger partial charge in [-0.25, -0.2) is 0 Å². The molecule has 0 fully saturated rings. The second-order valence-electron chi connectivity index (χ2n) is 3.21. The van der Waals surface area contributed by atoms with E-state index in [2.05, 4.69) is 5.32 Å². The van der Waals surface area contributed by atoms with Crippen LogP contribution in [0, 0.1) is 11.3 Å². The van der Waals surface area contributed by atoms with Crippen LogP contribution in [0.5, 0.6) is 11.5 Å². The fourth-order valence-corrected chi connectivity index (χ4v) is 1.13. The lowest BCUT2D eigenvalue weighted by atomic mass is 10.1. The number of nitrogens with zero attached hydrogens (tertiary/aromatic N) is 1. The number of hydrogen-bond donors (Lipinski definition) is 2. The first-order valence-corrected chi connectivity index (χ1v) is 4.66. The lowest BCUT2D eigenvalue weighted by Crippen LogP contribution is -2.31. The second-order valence-corrected chi connectivity index (χ2v) is 3.21. The topological polar surface area (TPSA) is 82.3 Å². The van der Waals surface area contributed by atoms with E-state index in [-0.39, 0.29) is 11.3 Å². The van der Waals surface area contributed by atoms with Crippen LogP contribution in [0.4, 0.5) is 0 Å². The largest absolute Gasteiger partial charge is 0.507 e. The van der Waals surface area contributed by atoms with Gasteiger partial charge in [0.15, 0.2) is 0 Å². The summed E-state index contributed by atoms with van der Waals surface area (Å²) in [4.78, 5) is 11.6. The predicted molar refractivity (Wildman–Crippen MR) is 57.2 cm³/mol. The second kappa shape index (κ2) is 5.03. The molecule has 1 aromatic carbocycles. The fourth-order valence-electron chi connectivity index (χ4n) is 1.13. The van der Waals surface area contributed by atoms with Crippen LogP contribution >= 0.6 is 0 Å². The number of carbonyl (C=O) groups excluding carboxylic acids is 1. The number of rotatable bonds is 3. The third-order valence-corrected chi connectivity index (χ3v) is 1.99. The standard InChI is InChI=1S/C11H12N2O3/c1-7(6-12)13-11(15)9-5-8(16-2)3-4-10(9)14/h3-5,7,14H,1-2H3,(H,13,15). The van der Waals surface area contributed by atoms with Gasteiger partial charge < -0.3 is 15.2 Å². The van der Waals surface area contributed by atoms with Crippen molar-refractivity contribution in [1.82, 2.24) is 5.32 Å². The average Bonchev–Trinajstić information content (AvgIpc) is 2.29. The van der Waals surface area contributed by atoms with Crippen LogP contribution in [0.15, 0.2) is 18.2 Å². The van der Waals surface area contributed by atoms with Crippen LogP contribution in [-0.2, 0) is 0 Å². The molecule has 0 spiro atoms. The van der Waals surface area contributed by atoms with E-state index in [1.54, 1.807) is 13.0 Å². The van der Waals surface area contributed by atoms with Crippen LogP contribution in [-0.4, -0.2) is 24.2 Å². The molecular weight excluding hydrogens is 208 g/mol. The van der Waals surface area contributed by atoms with Crippen LogP contribution in [0.2, 0.25) is 0 Å². The van der Waals surface area contributed by atoms with E-state index in [1.165, 1.54) is 19.2 Å². The van der Waals surface area contributed by atoms with Crippen molar-refractivity contribution in [1.29, 1.82) is 5.26 Å². The smallest absolute Gasteiger partial charge is 0.256 e. The van der Waals surface area contributed by atoms with E-state index in [0.29, 0.717) is 5.75 Å². The number of carbonyl (C=O) groups is 1. The molecule has 0 aliphatic rings. The Hall–Kier alpha value is -2.22. The van der Waals surface area contributed by atoms with E-state index < -0.39 is 11.9 Å². The molecule has 1 atom stereocenters. The van der Waals surface area contributed by atoms with E-state index in [4.69, 9.17) is 10.00 Å². The van der Waals surface area contributed by atoms with Gasteiger partial charge in [-0.3, -0.25) is 4.79 Å². The highest BCUT2D eigenvalue weighted by Gasteiger charge is 2.14. The molecule has 2 N–H and O–H groups in total. The Labute approximate surface area is 93.3 Å². The lowest BCUT2D eigenvalue weighted by Gasteiger charge is -2.09. The van der Waals surface area contributed by atoms with Crippen molar-refractivity contribution in [2.24, 2.45) is 0 Å². The number of hydrogen-bond acceptors (Lipinski definition) is 4. The van der Waals surface area contributed by atoms with Gasteiger partial charge in [0.1, 0.15) is 17.5 Å². The van der Waals surface area contributed by atoms with Crippen molar-refractivity contribution in [2.75, 3.05) is 7.11 Å². The molecule has 1 rings (SSSR count). The number of ether oxygens (including phenoxy) is 1. The Bertz CT molecular complexity index is 437. The number of nitriles is 1. The van der Waals surface area contributed by atoms with Gasteiger partial charge in [0.05, 0.1) is 18.7 Å². The Morgan fingerprint density at radius 3 is 2.88 bits per heavy atom. The van der Waals surface area contributed by atoms with Gasteiger partial charge in [0.25, 0.3) is 5.91 Å². The van der Waals surface area contributed by atoms with Crippen molar-refractivity contribution in [2.45, 2.75) is 13.0 Å². The number of nitrogens with one attached hydrogen (secondary N) is 1. The van der Waals surface area contributed by atoms with E-state index in [0.717, 1.165) is 0 Å². The molecule has 0 heterocycles. The first kappa shape index (κ1) is 11.9. The Balaban J connectivity index is 2.95. The molecule has 0 aliphatic carbocycles. The summed E-state index contributed by atoms with van der Waals surface area (Å²) in [6.07, 6.45) is 0. The van der Waals surface area contributed by atoms with E-state index in [1.807, 2.05) is 6.07 Å². The van der Waals surface area contributed by atoms with Gasteiger partial charge >= 0.3 is 0 Å². The van der Waals surface area contributed by atoms with Crippen molar-refractivity contribution >= 4 is 5.91 Å². The summed E-state index contributed by atoms with van der Waals surface area (Å²) in [6, 6.07) is 5.57. The Morgan fingerprint density at radius 1 is 1.62 bits per heavy atom. The molecule has 0 radical (unpaired) electrons. The minimum Gasteiger partial charge on any atom is -0.507 e. The minimum atomic E-state index is -0.613. The zero-order valence-corrected chi connectivity index (χ0v) is 9.02. The quantitative estimate of drug-likeness (QED) is 0.797. The molecular formula is C11H12N2O3. The van der Waals surface area contributed by atoms with Gasteiger partial charge in [-0.05, 0) is 25.1 Å². The monoisotopic (exact) mass is 220 g/mol. The molecule has 5 nitrogen and oxygen atoms in total. The van der Waals surface area contributed by atoms with Crippen LogP contribution in [0.25, 0.3) is 0 Å². The summed E-state index contributed by atoms with van der Waals surface area (Å²) in [5.74, 6) is -0.193. The molecule has 16 heavy (non-hydrogen) atoms. The molecule has 0 saturated carbocycles. The summed E-state index contributed by atoms with van der Waals surface area (Å²) in [6.45, 7) is 1.55. The van der Waals surface area contributed by atoms with E-state index >= 15 is 0 Å². The maximum absolute atomic E-state index is 11.6. The maximum atomic E-state index is 11.6. The third kappa shape index (κ3) is 2.64. The number of phenols is 1. The highest BCUT2D eigenvalue weighted by atomic mass is 16.5. The van der Waals surface area contributed by atoms with E-state index in [9.17, 15) is 9.90 Å². The van der Waals surface area contributed by atoms with Gasteiger partial charge in [-0.15, -0.1) is 0 Å².